The van der Waals surface area contributed by atoms with Crippen molar-refractivity contribution in [3.63, 3.8) is 0 Å². The predicted octanol–water partition coefficient (Wildman–Crippen LogP) is 5.12. The lowest BCUT2D eigenvalue weighted by atomic mass is 9.93. The highest BCUT2D eigenvalue weighted by molar-refractivity contribution is 5.15. The second-order valence-electron chi connectivity index (χ2n) is 6.28. The van der Waals surface area contributed by atoms with Crippen molar-refractivity contribution in [3.05, 3.63) is 59.8 Å². The molecule has 0 bridgehead atoms. The van der Waals surface area contributed by atoms with Crippen LogP contribution in [0.5, 0.6) is 0 Å². The zero-order valence-corrected chi connectivity index (χ0v) is 13.5. The number of nitrogens with one attached hydrogen (secondary N) is 1. The van der Waals surface area contributed by atoms with Crippen molar-refractivity contribution < 1.29 is 8.81 Å². The van der Waals surface area contributed by atoms with Crippen LogP contribution >= 0.6 is 0 Å². The highest BCUT2D eigenvalue weighted by Crippen LogP contribution is 2.26. The van der Waals surface area contributed by atoms with Gasteiger partial charge in [0.1, 0.15) is 11.6 Å². The van der Waals surface area contributed by atoms with Crippen molar-refractivity contribution in [2.24, 2.45) is 5.92 Å². The minimum absolute atomic E-state index is 0.185. The third kappa shape index (κ3) is 5.64. The Balaban J connectivity index is 1.77. The van der Waals surface area contributed by atoms with Crippen LogP contribution in [0.15, 0.2) is 47.1 Å². The van der Waals surface area contributed by atoms with Crippen molar-refractivity contribution >= 4 is 0 Å². The van der Waals surface area contributed by atoms with Gasteiger partial charge in [-0.3, -0.25) is 0 Å². The molecule has 0 fully saturated rings. The first-order chi connectivity index (χ1) is 10.6. The molecule has 2 aromatic rings. The van der Waals surface area contributed by atoms with Crippen molar-refractivity contribution in [1.82, 2.24) is 5.32 Å². The summed E-state index contributed by atoms with van der Waals surface area (Å²) < 4.78 is 18.4. The lowest BCUT2D eigenvalue weighted by molar-refractivity contribution is 0.397. The third-order valence-electron chi connectivity index (χ3n) is 3.95. The van der Waals surface area contributed by atoms with E-state index in [9.17, 15) is 4.39 Å². The van der Waals surface area contributed by atoms with Crippen LogP contribution < -0.4 is 5.32 Å². The molecule has 3 heteroatoms. The molecule has 0 aliphatic carbocycles. The molecule has 1 N–H and O–H groups in total. The number of hydrogen-bond acceptors (Lipinski definition) is 2. The second-order valence-corrected chi connectivity index (χ2v) is 6.28. The fourth-order valence-electron chi connectivity index (χ4n) is 2.60. The van der Waals surface area contributed by atoms with Crippen LogP contribution in [0.4, 0.5) is 4.39 Å². The Morgan fingerprint density at radius 3 is 2.45 bits per heavy atom. The van der Waals surface area contributed by atoms with Crippen LogP contribution in [0.2, 0.25) is 0 Å². The van der Waals surface area contributed by atoms with Crippen molar-refractivity contribution in [1.29, 1.82) is 0 Å². The molecule has 0 aliphatic rings. The van der Waals surface area contributed by atoms with Gasteiger partial charge < -0.3 is 9.73 Å². The average molecular weight is 303 g/mol. The van der Waals surface area contributed by atoms with Crippen molar-refractivity contribution in [2.45, 2.75) is 45.6 Å². The molecule has 0 radical (unpaired) electrons. The summed E-state index contributed by atoms with van der Waals surface area (Å²) in [5.74, 6) is 2.09. The molecule has 0 spiro atoms. The van der Waals surface area contributed by atoms with Gasteiger partial charge in [0.2, 0.25) is 0 Å². The lowest BCUT2D eigenvalue weighted by Gasteiger charge is -2.16. The topological polar surface area (TPSA) is 25.2 Å². The Kier molecular flexibility index (Phi) is 6.66. The maximum absolute atomic E-state index is 12.9. The summed E-state index contributed by atoms with van der Waals surface area (Å²) in [7, 11) is 0. The van der Waals surface area contributed by atoms with Crippen LogP contribution in [0.3, 0.4) is 0 Å². The molecular weight excluding hydrogens is 277 g/mol. The van der Waals surface area contributed by atoms with Gasteiger partial charge in [-0.1, -0.05) is 32.4 Å². The van der Waals surface area contributed by atoms with Crippen LogP contribution in [-0.2, 0) is 6.54 Å². The first-order valence-electron chi connectivity index (χ1n) is 8.13. The minimum atomic E-state index is -0.185. The van der Waals surface area contributed by atoms with Gasteiger partial charge in [0.25, 0.3) is 0 Å². The zero-order chi connectivity index (χ0) is 15.8. The summed E-state index contributed by atoms with van der Waals surface area (Å²) >= 11 is 0. The quantitative estimate of drug-likeness (QED) is 0.651. The molecule has 120 valence electrons. The van der Waals surface area contributed by atoms with Crippen LogP contribution in [0.25, 0.3) is 0 Å². The third-order valence-corrected chi connectivity index (χ3v) is 3.95. The molecule has 22 heavy (non-hydrogen) atoms. The van der Waals surface area contributed by atoms with E-state index in [1.165, 1.54) is 18.6 Å². The number of hydrogen-bond donors (Lipinski definition) is 1. The summed E-state index contributed by atoms with van der Waals surface area (Å²) in [6, 6.07) is 10.7. The zero-order valence-electron chi connectivity index (χ0n) is 13.5. The number of benzene rings is 1. The molecule has 1 aromatic carbocycles. The Morgan fingerprint density at radius 1 is 1.05 bits per heavy atom. The molecule has 1 atom stereocenters. The molecular formula is C19H26FNO. The van der Waals surface area contributed by atoms with Gasteiger partial charge in [-0.25, -0.2) is 4.39 Å². The van der Waals surface area contributed by atoms with Crippen molar-refractivity contribution in [3.8, 4) is 0 Å². The number of halogens is 1. The summed E-state index contributed by atoms with van der Waals surface area (Å²) in [6.07, 6.45) is 5.18. The largest absolute Gasteiger partial charge is 0.469 e. The summed E-state index contributed by atoms with van der Waals surface area (Å²) in [5.41, 5.74) is 1.11. The first-order valence-corrected chi connectivity index (χ1v) is 8.13. The Bertz CT molecular complexity index is 519. The molecule has 2 rings (SSSR count). The van der Waals surface area contributed by atoms with E-state index in [2.05, 4.69) is 25.2 Å². The van der Waals surface area contributed by atoms with E-state index in [0.29, 0.717) is 11.8 Å². The van der Waals surface area contributed by atoms with Gasteiger partial charge in [-0.05, 0) is 55.1 Å². The molecule has 2 nitrogen and oxygen atoms in total. The normalized spacial score (nSPS) is 12.7. The summed E-state index contributed by atoms with van der Waals surface area (Å²) in [6.45, 7) is 6.22. The highest BCUT2D eigenvalue weighted by atomic mass is 19.1. The molecule has 1 aromatic heterocycles. The highest BCUT2D eigenvalue weighted by Gasteiger charge is 2.14. The molecule has 0 unspecified atom stereocenters. The maximum atomic E-state index is 12.9. The van der Waals surface area contributed by atoms with Gasteiger partial charge in [-0.15, -0.1) is 0 Å². The van der Waals surface area contributed by atoms with E-state index < -0.39 is 0 Å². The molecule has 0 saturated heterocycles. The average Bonchev–Trinajstić information content (AvgIpc) is 3.02. The molecule has 0 amide bonds. The van der Waals surface area contributed by atoms with Crippen molar-refractivity contribution in [2.75, 3.05) is 6.54 Å². The SMILES string of the molecule is CC(C)CC[C@@H](CCNCc1ccc(F)cc1)c1ccco1. The van der Waals surface area contributed by atoms with E-state index in [1.54, 1.807) is 6.26 Å². The van der Waals surface area contributed by atoms with E-state index >= 15 is 0 Å². The van der Waals surface area contributed by atoms with E-state index in [-0.39, 0.29) is 5.82 Å². The van der Waals surface area contributed by atoms with Crippen LogP contribution in [-0.4, -0.2) is 6.54 Å². The number of furan rings is 1. The van der Waals surface area contributed by atoms with Crippen LogP contribution in [0, 0.1) is 11.7 Å². The maximum Gasteiger partial charge on any atom is 0.123 e. The first kappa shape index (κ1) is 16.8. The Labute approximate surface area is 132 Å². The van der Waals surface area contributed by atoms with Gasteiger partial charge in [0.15, 0.2) is 0 Å². The molecule has 0 aliphatic heterocycles. The fourth-order valence-corrected chi connectivity index (χ4v) is 2.60. The van der Waals surface area contributed by atoms with Gasteiger partial charge >= 0.3 is 0 Å². The van der Waals surface area contributed by atoms with E-state index in [4.69, 9.17) is 4.42 Å². The fraction of sp³-hybridized carbons (Fsp3) is 0.474. The van der Waals surface area contributed by atoms with Gasteiger partial charge in [0.05, 0.1) is 6.26 Å². The standard InChI is InChI=1S/C19H26FNO/c1-15(2)5-8-17(19-4-3-13-22-19)11-12-21-14-16-6-9-18(20)10-7-16/h3-4,6-7,9-10,13,15,17,21H,5,8,11-12,14H2,1-2H3/t17-/m0/s1. The predicted molar refractivity (Wildman–Crippen MR) is 88.2 cm³/mol. The van der Waals surface area contributed by atoms with E-state index in [1.807, 2.05) is 18.2 Å². The second kappa shape index (κ2) is 8.74. The van der Waals surface area contributed by atoms with Crippen LogP contribution in [0.1, 0.15) is 50.4 Å². The monoisotopic (exact) mass is 303 g/mol. The lowest BCUT2D eigenvalue weighted by Crippen LogP contribution is -2.17. The Morgan fingerprint density at radius 2 is 1.82 bits per heavy atom. The molecule has 1 heterocycles. The smallest absolute Gasteiger partial charge is 0.123 e. The van der Waals surface area contributed by atoms with Gasteiger partial charge in [-0.2, -0.15) is 0 Å². The van der Waals surface area contributed by atoms with E-state index in [0.717, 1.165) is 37.3 Å². The van der Waals surface area contributed by atoms with Gasteiger partial charge in [0, 0.05) is 12.5 Å². The minimum Gasteiger partial charge on any atom is -0.469 e. The summed E-state index contributed by atoms with van der Waals surface area (Å²) in [5, 5.41) is 3.44. The number of rotatable bonds is 9. The Hall–Kier alpha value is -1.61. The summed E-state index contributed by atoms with van der Waals surface area (Å²) in [4.78, 5) is 0. The molecule has 0 saturated carbocycles.